The molecule has 0 atom stereocenters. The van der Waals surface area contributed by atoms with Gasteiger partial charge in [0.05, 0.1) is 5.39 Å². The second-order valence-electron chi connectivity index (χ2n) is 7.70. The van der Waals surface area contributed by atoms with Crippen LogP contribution in [0, 0.1) is 6.92 Å². The largest absolute Gasteiger partial charge is 0.453 e. The average molecular weight is 454 g/mol. The van der Waals surface area contributed by atoms with Crippen molar-refractivity contribution in [2.24, 2.45) is 0 Å². The zero-order chi connectivity index (χ0) is 22.8. The molecule has 1 aliphatic rings. The van der Waals surface area contributed by atoms with Crippen molar-refractivity contribution in [3.8, 4) is 0 Å². The smallest absolute Gasteiger partial charge is 0.349 e. The Morgan fingerprint density at radius 1 is 1.22 bits per heavy atom. The highest BCUT2D eigenvalue weighted by Crippen LogP contribution is 2.29. The Morgan fingerprint density at radius 2 is 1.97 bits per heavy atom. The highest BCUT2D eigenvalue weighted by Gasteiger charge is 2.24. The fraction of sp³-hybridized carbons (Fsp3) is 0.348. The van der Waals surface area contributed by atoms with Crippen LogP contribution in [0.4, 0.5) is 5.69 Å². The van der Waals surface area contributed by atoms with Gasteiger partial charge >= 0.3 is 5.97 Å². The van der Waals surface area contributed by atoms with Crippen LogP contribution >= 0.6 is 11.3 Å². The Morgan fingerprint density at radius 3 is 2.69 bits per heavy atom. The number of nitrogens with zero attached hydrogens (tertiary/aromatic N) is 2. The molecule has 1 aliphatic heterocycles. The number of Topliss-reactive ketones (excluding diaryl/α,β-unsaturated/α-hetero) is 1. The minimum atomic E-state index is -0.646. The van der Waals surface area contributed by atoms with E-state index >= 15 is 0 Å². The van der Waals surface area contributed by atoms with Gasteiger partial charge in [-0.2, -0.15) is 0 Å². The van der Waals surface area contributed by atoms with E-state index in [1.54, 1.807) is 35.8 Å². The molecule has 0 fully saturated rings. The van der Waals surface area contributed by atoms with E-state index in [1.165, 1.54) is 0 Å². The molecular weight excluding hydrogens is 430 g/mol. The number of hydrogen-bond donors (Lipinski definition) is 1. The molecule has 1 amide bonds. The number of aryl methyl sites for hydroxylation is 2. The summed E-state index contributed by atoms with van der Waals surface area (Å²) in [5.41, 5.74) is 1.38. The lowest BCUT2D eigenvalue weighted by Crippen LogP contribution is -2.20. The standard InChI is InChI=1S/C23H23N3O5S/c1-3-5-18(28)24-15-9-7-14(8-10-15)16(27)12-31-23(30)20-13(2)19-21(32-20)25-17-6-4-11-26(17)22(19)29/h7-10H,3-6,11-12H2,1-2H3,(H,24,28). The monoisotopic (exact) mass is 453 g/mol. The highest BCUT2D eigenvalue weighted by molar-refractivity contribution is 7.20. The van der Waals surface area contributed by atoms with E-state index in [0.29, 0.717) is 40.0 Å². The predicted octanol–water partition coefficient (Wildman–Crippen LogP) is 3.49. The van der Waals surface area contributed by atoms with E-state index in [9.17, 15) is 19.2 Å². The summed E-state index contributed by atoms with van der Waals surface area (Å²) in [4.78, 5) is 54.8. The third kappa shape index (κ3) is 4.20. The van der Waals surface area contributed by atoms with Gasteiger partial charge in [0.25, 0.3) is 5.56 Å². The van der Waals surface area contributed by atoms with Gasteiger partial charge in [0.2, 0.25) is 5.91 Å². The summed E-state index contributed by atoms with van der Waals surface area (Å²) in [6.07, 6.45) is 2.82. The first-order valence-electron chi connectivity index (χ1n) is 10.5. The van der Waals surface area contributed by atoms with Crippen LogP contribution in [-0.4, -0.2) is 33.8 Å². The molecule has 3 heterocycles. The number of hydrogen-bond acceptors (Lipinski definition) is 7. The molecular formula is C23H23N3O5S. The third-order valence-corrected chi connectivity index (χ3v) is 6.56. The first-order valence-corrected chi connectivity index (χ1v) is 11.3. The van der Waals surface area contributed by atoms with Gasteiger partial charge < -0.3 is 10.1 Å². The van der Waals surface area contributed by atoms with Crippen molar-refractivity contribution in [1.82, 2.24) is 9.55 Å². The van der Waals surface area contributed by atoms with Gasteiger partial charge in [-0.3, -0.25) is 19.0 Å². The summed E-state index contributed by atoms with van der Waals surface area (Å²) in [5, 5.41) is 3.20. The second-order valence-corrected chi connectivity index (χ2v) is 8.70. The van der Waals surface area contributed by atoms with Gasteiger partial charge in [-0.25, -0.2) is 9.78 Å². The van der Waals surface area contributed by atoms with Crippen molar-refractivity contribution >= 4 is 44.9 Å². The quantitative estimate of drug-likeness (QED) is 0.433. The minimum absolute atomic E-state index is 0.0847. The first kappa shape index (κ1) is 21.9. The fourth-order valence-electron chi connectivity index (χ4n) is 3.74. The Kier molecular flexibility index (Phi) is 6.18. The summed E-state index contributed by atoms with van der Waals surface area (Å²) in [5.74, 6) is -0.348. The van der Waals surface area contributed by atoms with E-state index in [1.807, 2.05) is 6.92 Å². The van der Waals surface area contributed by atoms with E-state index in [4.69, 9.17) is 4.74 Å². The number of amides is 1. The summed E-state index contributed by atoms with van der Waals surface area (Å²) < 4.78 is 6.90. The molecule has 0 spiro atoms. The lowest BCUT2D eigenvalue weighted by Gasteiger charge is -2.06. The van der Waals surface area contributed by atoms with Crippen LogP contribution in [0.1, 0.15) is 57.6 Å². The number of rotatable bonds is 7. The SMILES string of the molecule is CCCC(=O)Nc1ccc(C(=O)COC(=O)c2sc3nc4n(c(=O)c3c2C)CCC4)cc1. The molecule has 0 saturated heterocycles. The number of nitrogens with one attached hydrogen (secondary N) is 1. The van der Waals surface area contributed by atoms with Gasteiger partial charge in [0.15, 0.2) is 12.4 Å². The van der Waals surface area contributed by atoms with Crippen molar-refractivity contribution < 1.29 is 19.1 Å². The number of carbonyl (C=O) groups excluding carboxylic acids is 3. The van der Waals surface area contributed by atoms with Crippen LogP contribution < -0.4 is 10.9 Å². The summed E-state index contributed by atoms with van der Waals surface area (Å²) in [6, 6.07) is 6.43. The number of esters is 1. The molecule has 0 saturated carbocycles. The maximum Gasteiger partial charge on any atom is 0.349 e. The Bertz CT molecular complexity index is 1270. The van der Waals surface area contributed by atoms with Crippen molar-refractivity contribution in [1.29, 1.82) is 0 Å². The number of benzene rings is 1. The van der Waals surface area contributed by atoms with Crippen LogP contribution in [0.25, 0.3) is 10.2 Å². The minimum Gasteiger partial charge on any atom is -0.453 e. The van der Waals surface area contributed by atoms with Crippen LogP contribution in [0.15, 0.2) is 29.1 Å². The summed E-state index contributed by atoms with van der Waals surface area (Å²) >= 11 is 1.12. The fourth-order valence-corrected chi connectivity index (χ4v) is 4.82. The van der Waals surface area contributed by atoms with Gasteiger partial charge in [-0.1, -0.05) is 6.92 Å². The molecule has 2 aromatic heterocycles. The lowest BCUT2D eigenvalue weighted by atomic mass is 10.1. The molecule has 1 N–H and O–H groups in total. The molecule has 0 radical (unpaired) electrons. The Hall–Kier alpha value is -3.33. The number of carbonyl (C=O) groups is 3. The summed E-state index contributed by atoms with van der Waals surface area (Å²) in [7, 11) is 0. The molecule has 3 aromatic rings. The van der Waals surface area contributed by atoms with Crippen molar-refractivity contribution in [2.45, 2.75) is 46.1 Å². The highest BCUT2D eigenvalue weighted by atomic mass is 32.1. The molecule has 166 valence electrons. The number of aromatic nitrogens is 2. The Labute approximate surface area is 188 Å². The summed E-state index contributed by atoms with van der Waals surface area (Å²) in [6.45, 7) is 3.84. The number of thiophene rings is 1. The average Bonchev–Trinajstić information content (AvgIpc) is 3.37. The maximum absolute atomic E-state index is 12.8. The van der Waals surface area contributed by atoms with Crippen LogP contribution in [0.3, 0.4) is 0 Å². The van der Waals surface area contributed by atoms with Gasteiger partial charge in [0.1, 0.15) is 15.5 Å². The van der Waals surface area contributed by atoms with Crippen molar-refractivity contribution in [3.63, 3.8) is 0 Å². The van der Waals surface area contributed by atoms with Gasteiger partial charge in [0, 0.05) is 30.6 Å². The zero-order valence-corrected chi connectivity index (χ0v) is 18.7. The number of anilines is 1. The number of fused-ring (bicyclic) bond motifs is 2. The number of ether oxygens (including phenoxy) is 1. The lowest BCUT2D eigenvalue weighted by molar-refractivity contribution is -0.116. The predicted molar refractivity (Wildman–Crippen MR) is 122 cm³/mol. The van der Waals surface area contributed by atoms with Crippen LogP contribution in [-0.2, 0) is 22.5 Å². The van der Waals surface area contributed by atoms with Crippen molar-refractivity contribution in [3.05, 3.63) is 56.4 Å². The Balaban J connectivity index is 1.44. The molecule has 0 aliphatic carbocycles. The van der Waals surface area contributed by atoms with Crippen molar-refractivity contribution in [2.75, 3.05) is 11.9 Å². The molecule has 32 heavy (non-hydrogen) atoms. The van der Waals surface area contributed by atoms with E-state index < -0.39 is 12.6 Å². The van der Waals surface area contributed by atoms with Gasteiger partial charge in [-0.15, -0.1) is 11.3 Å². The van der Waals surface area contributed by atoms with E-state index in [2.05, 4.69) is 10.3 Å². The normalized spacial score (nSPS) is 12.6. The first-order chi connectivity index (χ1) is 15.4. The molecule has 8 nitrogen and oxygen atoms in total. The van der Waals surface area contributed by atoms with E-state index in [0.717, 1.165) is 36.4 Å². The molecule has 0 bridgehead atoms. The number of ketones is 1. The van der Waals surface area contributed by atoms with Crippen LogP contribution in [0.5, 0.6) is 0 Å². The third-order valence-electron chi connectivity index (χ3n) is 5.40. The second kappa shape index (κ2) is 9.04. The molecule has 0 unspecified atom stereocenters. The zero-order valence-electron chi connectivity index (χ0n) is 17.9. The van der Waals surface area contributed by atoms with E-state index in [-0.39, 0.29) is 22.1 Å². The molecule has 9 heteroatoms. The molecule has 4 rings (SSSR count). The van der Waals surface area contributed by atoms with Gasteiger partial charge in [-0.05, 0) is 49.6 Å². The van der Waals surface area contributed by atoms with Crippen LogP contribution in [0.2, 0.25) is 0 Å². The topological polar surface area (TPSA) is 107 Å². The maximum atomic E-state index is 12.8. The molecule has 1 aromatic carbocycles.